The number of anilines is 2. The number of alkyl halides is 3. The Morgan fingerprint density at radius 1 is 1.00 bits per heavy atom. The van der Waals surface area contributed by atoms with Gasteiger partial charge in [-0.2, -0.15) is 13.2 Å². The van der Waals surface area contributed by atoms with Gasteiger partial charge in [0.2, 0.25) is 6.41 Å². The highest BCUT2D eigenvalue weighted by molar-refractivity contribution is 5.71. The van der Waals surface area contributed by atoms with Gasteiger partial charge in [0.1, 0.15) is 11.6 Å². The van der Waals surface area contributed by atoms with E-state index in [4.69, 9.17) is 0 Å². The molecule has 1 unspecified atom stereocenters. The van der Waals surface area contributed by atoms with E-state index in [9.17, 15) is 26.7 Å². The molecule has 0 radical (unpaired) electrons. The van der Waals surface area contributed by atoms with E-state index in [1.807, 2.05) is 31.2 Å². The van der Waals surface area contributed by atoms with Crippen LogP contribution in [0.5, 0.6) is 0 Å². The molecule has 1 aliphatic rings. The number of nitrogens with one attached hydrogen (secondary N) is 3. The molecule has 0 aliphatic heterocycles. The summed E-state index contributed by atoms with van der Waals surface area (Å²) in [7, 11) is 0. The minimum atomic E-state index is -4.38. The first-order valence-corrected chi connectivity index (χ1v) is 13.3. The topological polar surface area (TPSA) is 53.2 Å². The summed E-state index contributed by atoms with van der Waals surface area (Å²) in [5, 5.41) is 8.75. The lowest BCUT2D eigenvalue weighted by atomic mass is 9.97. The van der Waals surface area contributed by atoms with Crippen LogP contribution in [0.3, 0.4) is 0 Å². The van der Waals surface area contributed by atoms with Crippen LogP contribution in [-0.2, 0) is 11.2 Å². The zero-order valence-corrected chi connectivity index (χ0v) is 23.0. The van der Waals surface area contributed by atoms with E-state index in [-0.39, 0.29) is 5.56 Å². The molecule has 1 aliphatic carbocycles. The summed E-state index contributed by atoms with van der Waals surface area (Å²) in [4.78, 5) is 10.6. The summed E-state index contributed by atoms with van der Waals surface area (Å²) < 4.78 is 65.3. The van der Waals surface area contributed by atoms with E-state index in [2.05, 4.69) is 22.5 Å². The van der Waals surface area contributed by atoms with Crippen molar-refractivity contribution in [1.29, 1.82) is 0 Å². The molecule has 1 amide bonds. The third-order valence-electron chi connectivity index (χ3n) is 6.47. The Kier molecular flexibility index (Phi) is 11.2. The number of allylic oxidation sites excluding steroid dienone is 3. The van der Waals surface area contributed by atoms with Crippen LogP contribution < -0.4 is 16.0 Å². The van der Waals surface area contributed by atoms with Gasteiger partial charge in [0.15, 0.2) is 0 Å². The Balaban J connectivity index is 0.000000233. The van der Waals surface area contributed by atoms with Gasteiger partial charge in [-0.3, -0.25) is 4.79 Å². The third kappa shape index (κ3) is 9.86. The molecule has 4 rings (SSSR count). The average Bonchev–Trinajstić information content (AvgIpc) is 3.75. The zero-order chi connectivity index (χ0) is 30.0. The first-order chi connectivity index (χ1) is 19.5. The molecule has 0 heterocycles. The quantitative estimate of drug-likeness (QED) is 0.123. The molecular weight excluding hydrogens is 537 g/mol. The van der Waals surface area contributed by atoms with Crippen LogP contribution in [0.4, 0.5) is 33.3 Å². The highest BCUT2D eigenvalue weighted by Crippen LogP contribution is 2.32. The van der Waals surface area contributed by atoms with E-state index < -0.39 is 29.4 Å². The van der Waals surface area contributed by atoms with E-state index >= 15 is 0 Å². The van der Waals surface area contributed by atoms with Crippen LogP contribution in [0.2, 0.25) is 0 Å². The highest BCUT2D eigenvalue weighted by Gasteiger charge is 2.30. The van der Waals surface area contributed by atoms with Crippen LogP contribution in [0, 0.1) is 17.6 Å². The Morgan fingerprint density at radius 3 is 2.24 bits per heavy atom. The molecule has 41 heavy (non-hydrogen) atoms. The number of hydrogen-bond donors (Lipinski definition) is 3. The number of aryl methyl sites for hydroxylation is 1. The van der Waals surface area contributed by atoms with E-state index in [1.54, 1.807) is 31.2 Å². The number of benzene rings is 3. The first-order valence-electron chi connectivity index (χ1n) is 13.3. The molecule has 218 valence electrons. The molecule has 3 N–H and O–H groups in total. The molecule has 0 spiro atoms. The van der Waals surface area contributed by atoms with Crippen LogP contribution >= 0.6 is 0 Å². The molecule has 0 saturated heterocycles. The molecule has 0 aromatic heterocycles. The molecule has 3 aromatic rings. The maximum Gasteiger partial charge on any atom is 0.415 e. The standard InChI is InChI=1S/C18H18F2N2O.C14H16F3N/c19-15-5-2-6-16(20)17(15)18(21-10-12-7-8-12)13-3-1-4-14(9-13)22-11-23;1-4-12-6-5-7-13(9-12)18-11(3)8-10(2)14(15,16)17/h1-6,9,11-12,18,21H,7-8,10H2,(H,22,23);5-9,18H,2,4H2,1,3H3/b;11-8-. The van der Waals surface area contributed by atoms with E-state index in [1.165, 1.54) is 18.2 Å². The minimum Gasteiger partial charge on any atom is -0.359 e. The van der Waals surface area contributed by atoms with Gasteiger partial charge in [-0.1, -0.05) is 43.8 Å². The van der Waals surface area contributed by atoms with Gasteiger partial charge in [0.05, 0.1) is 11.6 Å². The SMILES string of the molecule is C=C(/C=C(/C)Nc1cccc(CC)c1)C(F)(F)F.O=CNc1cccc(C(NCC2CC2)c2c(F)cccc2F)c1. The molecule has 1 atom stereocenters. The Hall–Kier alpha value is -3.98. The van der Waals surface area contributed by atoms with Crippen molar-refractivity contribution in [1.82, 2.24) is 5.32 Å². The summed E-state index contributed by atoms with van der Waals surface area (Å²) in [6.45, 7) is 7.31. The molecular formula is C32H34F5N3O. The fourth-order valence-corrected chi connectivity index (χ4v) is 4.13. The molecule has 0 bridgehead atoms. The zero-order valence-electron chi connectivity index (χ0n) is 23.0. The summed E-state index contributed by atoms with van der Waals surface area (Å²) in [6, 6.07) is 17.9. The van der Waals surface area contributed by atoms with Gasteiger partial charge in [-0.25, -0.2) is 8.78 Å². The number of amides is 1. The molecule has 1 saturated carbocycles. The second kappa shape index (κ2) is 14.6. The summed E-state index contributed by atoms with van der Waals surface area (Å²) in [5.74, 6) is -0.581. The monoisotopic (exact) mass is 571 g/mol. The van der Waals surface area contributed by atoms with Gasteiger partial charge in [0, 0.05) is 22.6 Å². The predicted molar refractivity (Wildman–Crippen MR) is 153 cm³/mol. The number of rotatable bonds is 11. The van der Waals surface area contributed by atoms with Gasteiger partial charge in [-0.05, 0) is 92.2 Å². The molecule has 1 fully saturated rings. The predicted octanol–water partition coefficient (Wildman–Crippen LogP) is 8.31. The fourth-order valence-electron chi connectivity index (χ4n) is 4.13. The minimum absolute atomic E-state index is 0.0106. The smallest absolute Gasteiger partial charge is 0.359 e. The van der Waals surface area contributed by atoms with Crippen molar-refractivity contribution in [2.45, 2.75) is 45.3 Å². The summed E-state index contributed by atoms with van der Waals surface area (Å²) in [6.07, 6.45) is 0.369. The van der Waals surface area contributed by atoms with Crippen molar-refractivity contribution in [2.75, 3.05) is 17.2 Å². The third-order valence-corrected chi connectivity index (χ3v) is 6.47. The number of halogens is 5. The van der Waals surface area contributed by atoms with Crippen molar-refractivity contribution in [2.24, 2.45) is 5.92 Å². The van der Waals surface area contributed by atoms with Gasteiger partial charge >= 0.3 is 6.18 Å². The molecule has 9 heteroatoms. The Labute approximate surface area is 237 Å². The van der Waals surface area contributed by atoms with Crippen molar-refractivity contribution < 1.29 is 26.7 Å². The van der Waals surface area contributed by atoms with Gasteiger partial charge in [-0.15, -0.1) is 0 Å². The van der Waals surface area contributed by atoms with Gasteiger partial charge < -0.3 is 16.0 Å². The van der Waals surface area contributed by atoms with Crippen molar-refractivity contribution >= 4 is 17.8 Å². The lowest BCUT2D eigenvalue weighted by Crippen LogP contribution is -2.26. The summed E-state index contributed by atoms with van der Waals surface area (Å²) >= 11 is 0. The highest BCUT2D eigenvalue weighted by atomic mass is 19.4. The Bertz CT molecular complexity index is 1350. The molecule has 3 aromatic carbocycles. The summed E-state index contributed by atoms with van der Waals surface area (Å²) in [5.41, 5.74) is 2.76. The van der Waals surface area contributed by atoms with E-state index in [0.717, 1.165) is 36.6 Å². The maximum absolute atomic E-state index is 14.2. The van der Waals surface area contributed by atoms with Crippen LogP contribution in [0.1, 0.15) is 49.4 Å². The Morgan fingerprint density at radius 2 is 1.63 bits per heavy atom. The second-order valence-corrected chi connectivity index (χ2v) is 9.84. The van der Waals surface area contributed by atoms with Crippen molar-refractivity contribution in [3.63, 3.8) is 0 Å². The molecule has 4 nitrogen and oxygen atoms in total. The van der Waals surface area contributed by atoms with Crippen LogP contribution in [0.25, 0.3) is 0 Å². The second-order valence-electron chi connectivity index (χ2n) is 9.84. The van der Waals surface area contributed by atoms with Crippen LogP contribution in [0.15, 0.2) is 90.7 Å². The number of hydrogen-bond acceptors (Lipinski definition) is 3. The van der Waals surface area contributed by atoms with Gasteiger partial charge in [0.25, 0.3) is 0 Å². The lowest BCUT2D eigenvalue weighted by molar-refractivity contribution is -0.105. The lowest BCUT2D eigenvalue weighted by Gasteiger charge is -2.21. The van der Waals surface area contributed by atoms with Crippen molar-refractivity contribution in [3.8, 4) is 0 Å². The number of carbonyl (C=O) groups excluding carboxylic acids is 1. The van der Waals surface area contributed by atoms with Crippen molar-refractivity contribution in [3.05, 3.63) is 119 Å². The largest absolute Gasteiger partial charge is 0.415 e. The maximum atomic E-state index is 14.2. The van der Waals surface area contributed by atoms with Crippen LogP contribution in [-0.4, -0.2) is 19.1 Å². The van der Waals surface area contributed by atoms with E-state index in [0.29, 0.717) is 35.8 Å². The number of carbonyl (C=O) groups is 1. The fraction of sp³-hybridized carbons (Fsp3) is 0.281. The normalized spacial score (nSPS) is 14.0. The first kappa shape index (κ1) is 31.5. The average molecular weight is 572 g/mol.